The third-order valence-electron chi connectivity index (χ3n) is 10.6. The number of ether oxygens (including phenoxy) is 1. The van der Waals surface area contributed by atoms with Crippen molar-refractivity contribution in [2.24, 2.45) is 5.41 Å². The van der Waals surface area contributed by atoms with Crippen LogP contribution in [0.25, 0.3) is 23.0 Å². The fraction of sp³-hybridized carbons (Fsp3) is 0.455. The van der Waals surface area contributed by atoms with Crippen molar-refractivity contribution in [1.29, 1.82) is 0 Å². The Bertz CT molecular complexity index is 1970. The molecule has 0 atom stereocenters. The fourth-order valence-corrected chi connectivity index (χ4v) is 7.45. The largest absolute Gasteiger partial charge is 0.506 e. The van der Waals surface area contributed by atoms with Crippen LogP contribution in [0.2, 0.25) is 0 Å². The normalized spacial score (nSPS) is 20.8. The zero-order chi connectivity index (χ0) is 35.2. The predicted octanol–water partition coefficient (Wildman–Crippen LogP) is 9.59. The molecule has 4 aliphatic heterocycles. The molecule has 6 heteroatoms. The molecule has 0 aromatic heterocycles. The first-order valence-corrected chi connectivity index (χ1v) is 18.7. The number of carbonyl (C=O) groups is 1. The molecular weight excluding hydrogens is 620 g/mol. The number of nitrogens with zero attached hydrogens (tertiary/aromatic N) is 2. The molecule has 50 heavy (non-hydrogen) atoms. The van der Waals surface area contributed by atoms with Gasteiger partial charge in [-0.15, -0.1) is 0 Å². The van der Waals surface area contributed by atoms with E-state index in [1.165, 1.54) is 62.4 Å². The van der Waals surface area contributed by atoms with Gasteiger partial charge in [-0.05, 0) is 79.3 Å². The summed E-state index contributed by atoms with van der Waals surface area (Å²) >= 11 is 0. The highest BCUT2D eigenvalue weighted by molar-refractivity contribution is 6.24. The summed E-state index contributed by atoms with van der Waals surface area (Å²) in [5, 5.41) is 12.6. The minimum Gasteiger partial charge on any atom is -0.506 e. The molecule has 7 rings (SSSR count). The summed E-state index contributed by atoms with van der Waals surface area (Å²) in [5.41, 5.74) is 4.92. The van der Waals surface area contributed by atoms with Crippen LogP contribution < -0.4 is 19.6 Å². The van der Waals surface area contributed by atoms with Gasteiger partial charge in [-0.25, -0.2) is 4.58 Å². The topological polar surface area (TPSA) is 65.9 Å². The minimum absolute atomic E-state index is 0.0230. The predicted molar refractivity (Wildman–Crippen MR) is 203 cm³/mol. The maximum absolute atomic E-state index is 13.8. The van der Waals surface area contributed by atoms with Gasteiger partial charge in [0.05, 0.1) is 17.2 Å². The van der Waals surface area contributed by atoms with Crippen molar-refractivity contribution < 1.29 is 19.1 Å². The number of benzene rings is 2. The Hall–Kier alpha value is -4.32. The number of rotatable bonds is 3. The second-order valence-electron chi connectivity index (χ2n) is 16.6. The van der Waals surface area contributed by atoms with E-state index in [-0.39, 0.29) is 22.4 Å². The highest BCUT2D eigenvalue weighted by Crippen LogP contribution is 2.44. The van der Waals surface area contributed by atoms with Crippen LogP contribution in [-0.4, -0.2) is 37.1 Å². The van der Waals surface area contributed by atoms with Gasteiger partial charge in [0.15, 0.2) is 0 Å². The van der Waals surface area contributed by atoms with E-state index in [0.29, 0.717) is 11.1 Å². The van der Waals surface area contributed by atoms with Crippen LogP contribution in [0, 0.1) is 5.41 Å². The molecule has 1 aromatic carbocycles. The summed E-state index contributed by atoms with van der Waals surface area (Å²) in [4.78, 5) is 16.3. The van der Waals surface area contributed by atoms with Crippen molar-refractivity contribution in [3.8, 4) is 17.1 Å². The van der Waals surface area contributed by atoms with E-state index in [1.54, 1.807) is 0 Å². The molecule has 4 heterocycles. The van der Waals surface area contributed by atoms with Gasteiger partial charge in [-0.2, -0.15) is 0 Å². The molecular formula is C44H53N2O4+. The van der Waals surface area contributed by atoms with E-state index in [9.17, 15) is 9.90 Å². The van der Waals surface area contributed by atoms with Gasteiger partial charge in [0.25, 0.3) is 0 Å². The maximum atomic E-state index is 13.8. The average molecular weight is 674 g/mol. The molecule has 2 fully saturated rings. The number of fused-ring (bicyclic) bond motifs is 2. The fourth-order valence-electron chi connectivity index (χ4n) is 7.45. The van der Waals surface area contributed by atoms with Crippen LogP contribution in [0.1, 0.15) is 110 Å². The summed E-state index contributed by atoms with van der Waals surface area (Å²) < 4.78 is 15.5. The standard InChI is InChI=1S/C44H52N2O4/c1-43(2,3)39-25-29(33-17-15-31(27-37(33)49-39)45-19-11-7-8-12-20-45)23-35-41(47)36(42(35)48)24-30-26-40(44(4,5)6)50-38-28-32(16-18-34(30)38)46-21-13-9-10-14-22-46/h15-18,23-28H,7-14,19-22H2,1-6H3/p+1. The zero-order valence-corrected chi connectivity index (χ0v) is 30.8. The lowest BCUT2D eigenvalue weighted by Crippen LogP contribution is -2.30. The molecule has 6 aliphatic rings. The molecule has 6 nitrogen and oxygen atoms in total. The summed E-state index contributed by atoms with van der Waals surface area (Å²) in [6.07, 6.45) is 15.6. The van der Waals surface area contributed by atoms with Gasteiger partial charge < -0.3 is 19.2 Å². The Morgan fingerprint density at radius 1 is 0.780 bits per heavy atom. The van der Waals surface area contributed by atoms with E-state index < -0.39 is 0 Å². The van der Waals surface area contributed by atoms with Crippen molar-refractivity contribution in [1.82, 2.24) is 4.58 Å². The number of ketones is 1. The van der Waals surface area contributed by atoms with Crippen LogP contribution in [0.15, 0.2) is 81.7 Å². The lowest BCUT2D eigenvalue weighted by Gasteiger charge is -2.31. The number of Topliss-reactive ketones (excluding diaryl/α,β-unsaturated/α-hetero) is 1. The smallest absolute Gasteiger partial charge is 0.203 e. The van der Waals surface area contributed by atoms with Gasteiger partial charge in [0.1, 0.15) is 41.9 Å². The third kappa shape index (κ3) is 6.86. The van der Waals surface area contributed by atoms with Crippen LogP contribution >= 0.6 is 0 Å². The van der Waals surface area contributed by atoms with E-state index in [4.69, 9.17) is 9.15 Å². The minimum atomic E-state index is -0.238. The quantitative estimate of drug-likeness (QED) is 0.222. The Balaban J connectivity index is 1.28. The molecule has 1 aromatic rings. The number of aliphatic hydroxyl groups excluding tert-OH is 1. The van der Waals surface area contributed by atoms with Crippen LogP contribution in [0.5, 0.6) is 5.75 Å². The first kappa shape index (κ1) is 34.1. The molecule has 1 N–H and O–H groups in total. The van der Waals surface area contributed by atoms with Gasteiger partial charge in [0.2, 0.25) is 11.1 Å². The molecule has 0 unspecified atom stereocenters. The SMILES string of the molecule is CC(C)(C)C1=CC(=CC2=C(O)C(=Cc3cc(C(C)(C)C)oc4cc(=[N+]5CCCCCC5)ccc3-4)C2=O)c2ccc(N3CCCCCC3)cc2O1. The summed E-state index contributed by atoms with van der Waals surface area (Å²) in [7, 11) is 0. The summed E-state index contributed by atoms with van der Waals surface area (Å²) in [6, 6.07) is 14.8. The zero-order valence-electron chi connectivity index (χ0n) is 30.8. The second kappa shape index (κ2) is 13.4. The van der Waals surface area contributed by atoms with Crippen LogP contribution in [0.4, 0.5) is 5.69 Å². The highest BCUT2D eigenvalue weighted by atomic mass is 16.5. The highest BCUT2D eigenvalue weighted by Gasteiger charge is 2.35. The number of aliphatic hydroxyl groups is 1. The number of carbonyl (C=O) groups excluding carboxylic acids is 1. The lowest BCUT2D eigenvalue weighted by molar-refractivity contribution is -0.113. The Morgan fingerprint density at radius 3 is 2.12 bits per heavy atom. The van der Waals surface area contributed by atoms with Crippen molar-refractivity contribution in [3.05, 3.63) is 99.5 Å². The Labute approximate surface area is 297 Å². The van der Waals surface area contributed by atoms with Crippen molar-refractivity contribution in [2.45, 2.75) is 98.3 Å². The van der Waals surface area contributed by atoms with Crippen molar-refractivity contribution >= 4 is 23.1 Å². The Kier molecular flexibility index (Phi) is 9.17. The molecule has 2 saturated heterocycles. The molecule has 0 spiro atoms. The number of hydrogen-bond donors (Lipinski definition) is 1. The van der Waals surface area contributed by atoms with Gasteiger partial charge in [-0.3, -0.25) is 4.79 Å². The molecule has 0 amide bonds. The van der Waals surface area contributed by atoms with Gasteiger partial charge >= 0.3 is 0 Å². The molecule has 0 bridgehead atoms. The van der Waals surface area contributed by atoms with Crippen LogP contribution in [0.3, 0.4) is 0 Å². The van der Waals surface area contributed by atoms with E-state index in [2.05, 4.69) is 87.4 Å². The molecule has 0 radical (unpaired) electrons. The van der Waals surface area contributed by atoms with Crippen molar-refractivity contribution in [2.75, 3.05) is 31.1 Å². The van der Waals surface area contributed by atoms with Gasteiger partial charge in [-0.1, -0.05) is 54.4 Å². The lowest BCUT2D eigenvalue weighted by atomic mass is 9.82. The van der Waals surface area contributed by atoms with Crippen LogP contribution in [-0.2, 0) is 10.2 Å². The number of hydrogen-bond acceptors (Lipinski definition) is 5. The number of allylic oxidation sites excluding steroid dienone is 6. The molecule has 0 saturated carbocycles. The third-order valence-corrected chi connectivity index (χ3v) is 10.6. The number of anilines is 1. The monoisotopic (exact) mass is 673 g/mol. The Morgan fingerprint density at radius 2 is 1.46 bits per heavy atom. The van der Waals surface area contributed by atoms with E-state index >= 15 is 0 Å². The van der Waals surface area contributed by atoms with Crippen molar-refractivity contribution in [3.63, 3.8) is 0 Å². The van der Waals surface area contributed by atoms with Gasteiger partial charge in [0, 0.05) is 65.7 Å². The van der Waals surface area contributed by atoms with E-state index in [0.717, 1.165) is 71.5 Å². The molecule has 262 valence electrons. The van der Waals surface area contributed by atoms with E-state index in [1.807, 2.05) is 24.3 Å². The maximum Gasteiger partial charge on any atom is 0.203 e. The summed E-state index contributed by atoms with van der Waals surface area (Å²) in [6.45, 7) is 17.0. The molecule has 2 aliphatic carbocycles. The second-order valence-corrected chi connectivity index (χ2v) is 16.6. The first-order valence-electron chi connectivity index (χ1n) is 18.7. The first-order chi connectivity index (χ1) is 23.9. The average Bonchev–Trinajstić information content (AvgIpc) is 3.54. The summed E-state index contributed by atoms with van der Waals surface area (Å²) in [5.74, 6) is 3.11.